The van der Waals surface area contributed by atoms with Crippen LogP contribution in [0.15, 0.2) is 0 Å². The van der Waals surface area contributed by atoms with Crippen molar-refractivity contribution in [2.45, 2.75) is 53.0 Å². The van der Waals surface area contributed by atoms with E-state index in [0.29, 0.717) is 5.54 Å². The molecule has 0 saturated heterocycles. The van der Waals surface area contributed by atoms with Crippen LogP contribution in [-0.2, 0) is 0 Å². The lowest BCUT2D eigenvalue weighted by molar-refractivity contribution is 0.243. The van der Waals surface area contributed by atoms with Gasteiger partial charge in [-0.2, -0.15) is 0 Å². The third-order valence-corrected chi connectivity index (χ3v) is 2.64. The van der Waals surface area contributed by atoms with Crippen molar-refractivity contribution < 1.29 is 0 Å². The molecule has 68 valence electrons. The molecule has 1 N–H and O–H groups in total. The molecule has 0 amide bonds. The minimum atomic E-state index is 0.318. The third kappa shape index (κ3) is 3.24. The van der Waals surface area contributed by atoms with Gasteiger partial charge in [-0.25, -0.2) is 0 Å². The average Bonchev–Trinajstić information content (AvgIpc) is 1.89. The van der Waals surface area contributed by atoms with Crippen LogP contribution in [0.2, 0.25) is 0 Å². The first-order valence-electron chi connectivity index (χ1n) is 4.83. The van der Waals surface area contributed by atoms with E-state index in [1.807, 2.05) is 0 Å². The Balaban J connectivity index is 4.00. The topological polar surface area (TPSA) is 12.0 Å². The van der Waals surface area contributed by atoms with Crippen molar-refractivity contribution in [1.82, 2.24) is 5.32 Å². The first-order chi connectivity index (χ1) is 5.08. The lowest BCUT2D eigenvalue weighted by atomic mass is 9.83. The van der Waals surface area contributed by atoms with Crippen LogP contribution >= 0.6 is 0 Å². The van der Waals surface area contributed by atoms with E-state index in [9.17, 15) is 0 Å². The van der Waals surface area contributed by atoms with E-state index in [1.54, 1.807) is 0 Å². The van der Waals surface area contributed by atoms with E-state index >= 15 is 0 Å². The molecule has 0 aliphatic heterocycles. The summed E-state index contributed by atoms with van der Waals surface area (Å²) in [6, 6.07) is 0. The molecule has 0 atom stereocenters. The number of nitrogens with one attached hydrogen (secondary N) is 1. The van der Waals surface area contributed by atoms with E-state index in [4.69, 9.17) is 0 Å². The van der Waals surface area contributed by atoms with Gasteiger partial charge in [0.25, 0.3) is 0 Å². The fourth-order valence-corrected chi connectivity index (χ4v) is 1.91. The second-order valence-corrected chi connectivity index (χ2v) is 3.77. The first-order valence-corrected chi connectivity index (χ1v) is 4.83. The second-order valence-electron chi connectivity index (χ2n) is 3.77. The Morgan fingerprint density at radius 2 is 1.55 bits per heavy atom. The molecule has 0 aliphatic carbocycles. The van der Waals surface area contributed by atoms with Gasteiger partial charge in [0.2, 0.25) is 0 Å². The second kappa shape index (κ2) is 4.76. The normalized spacial score (nSPS) is 12.5. The minimum Gasteiger partial charge on any atom is -0.312 e. The molecule has 0 saturated carbocycles. The molecule has 0 aromatic rings. The molecular weight excluding hydrogens is 134 g/mol. The number of hydrogen-bond acceptors (Lipinski definition) is 1. The maximum absolute atomic E-state index is 3.52. The fraction of sp³-hybridized carbons (Fsp3) is 1.00. The largest absolute Gasteiger partial charge is 0.312 e. The van der Waals surface area contributed by atoms with Crippen LogP contribution in [0.3, 0.4) is 0 Å². The Labute approximate surface area is 71.6 Å². The summed E-state index contributed by atoms with van der Waals surface area (Å²) in [5.74, 6) is 0.808. The average molecular weight is 157 g/mol. The van der Waals surface area contributed by atoms with Crippen LogP contribution in [0.25, 0.3) is 0 Å². The van der Waals surface area contributed by atoms with Gasteiger partial charge < -0.3 is 5.32 Å². The molecule has 1 heteroatoms. The molecule has 0 heterocycles. The molecule has 0 aliphatic rings. The van der Waals surface area contributed by atoms with Gasteiger partial charge in [-0.3, -0.25) is 0 Å². The van der Waals surface area contributed by atoms with Crippen LogP contribution in [0.5, 0.6) is 0 Å². The molecule has 0 fully saturated rings. The zero-order valence-electron chi connectivity index (χ0n) is 8.70. The summed E-state index contributed by atoms with van der Waals surface area (Å²) in [4.78, 5) is 0. The summed E-state index contributed by atoms with van der Waals surface area (Å²) in [5, 5.41) is 3.52. The van der Waals surface area contributed by atoms with Crippen molar-refractivity contribution in [1.29, 1.82) is 0 Å². The summed E-state index contributed by atoms with van der Waals surface area (Å²) in [7, 11) is 0. The van der Waals surface area contributed by atoms with Crippen LogP contribution < -0.4 is 5.32 Å². The van der Waals surface area contributed by atoms with E-state index in [-0.39, 0.29) is 0 Å². The van der Waals surface area contributed by atoms with Crippen LogP contribution in [0.4, 0.5) is 0 Å². The van der Waals surface area contributed by atoms with Gasteiger partial charge in [0, 0.05) is 5.54 Å². The molecule has 0 aromatic heterocycles. The fourth-order valence-electron chi connectivity index (χ4n) is 1.91. The van der Waals surface area contributed by atoms with Gasteiger partial charge in [0.1, 0.15) is 0 Å². The molecular formula is C10H23N. The van der Waals surface area contributed by atoms with E-state index in [0.717, 1.165) is 12.5 Å². The summed E-state index contributed by atoms with van der Waals surface area (Å²) in [6.07, 6.45) is 2.55. The van der Waals surface area contributed by atoms with Crippen molar-refractivity contribution in [3.63, 3.8) is 0 Å². The highest BCUT2D eigenvalue weighted by molar-refractivity contribution is 4.83. The molecule has 0 aromatic carbocycles. The lowest BCUT2D eigenvalue weighted by Crippen LogP contribution is -2.45. The van der Waals surface area contributed by atoms with Crippen molar-refractivity contribution in [3.05, 3.63) is 0 Å². The first kappa shape index (κ1) is 11.0. The summed E-state index contributed by atoms with van der Waals surface area (Å²) < 4.78 is 0. The van der Waals surface area contributed by atoms with Crippen molar-refractivity contribution >= 4 is 0 Å². The quantitative estimate of drug-likeness (QED) is 0.647. The van der Waals surface area contributed by atoms with E-state index in [2.05, 4.69) is 39.9 Å². The monoisotopic (exact) mass is 157 g/mol. The molecule has 11 heavy (non-hydrogen) atoms. The molecule has 0 rings (SSSR count). The third-order valence-electron chi connectivity index (χ3n) is 2.64. The van der Waals surface area contributed by atoms with Crippen molar-refractivity contribution in [3.8, 4) is 0 Å². The van der Waals surface area contributed by atoms with Crippen molar-refractivity contribution in [2.75, 3.05) is 6.54 Å². The minimum absolute atomic E-state index is 0.318. The Morgan fingerprint density at radius 1 is 1.09 bits per heavy atom. The molecule has 0 unspecified atom stereocenters. The van der Waals surface area contributed by atoms with Crippen LogP contribution in [0, 0.1) is 5.92 Å². The maximum Gasteiger partial charge on any atom is 0.0153 e. The van der Waals surface area contributed by atoms with Gasteiger partial charge in [-0.15, -0.1) is 0 Å². The standard InChI is InChI=1S/C10H23N/c1-6-9(7-2)10(4,5)11-8-3/h9,11H,6-8H2,1-5H3. The van der Waals surface area contributed by atoms with E-state index < -0.39 is 0 Å². The highest BCUT2D eigenvalue weighted by Crippen LogP contribution is 2.22. The lowest BCUT2D eigenvalue weighted by Gasteiger charge is -2.34. The predicted octanol–water partition coefficient (Wildman–Crippen LogP) is 2.81. The predicted molar refractivity (Wildman–Crippen MR) is 51.8 cm³/mol. The smallest absolute Gasteiger partial charge is 0.0153 e. The van der Waals surface area contributed by atoms with Gasteiger partial charge >= 0.3 is 0 Å². The highest BCUT2D eigenvalue weighted by Gasteiger charge is 2.24. The Kier molecular flexibility index (Phi) is 4.74. The molecule has 0 bridgehead atoms. The highest BCUT2D eigenvalue weighted by atomic mass is 15.0. The van der Waals surface area contributed by atoms with Crippen LogP contribution in [0.1, 0.15) is 47.5 Å². The summed E-state index contributed by atoms with van der Waals surface area (Å²) >= 11 is 0. The van der Waals surface area contributed by atoms with Crippen molar-refractivity contribution in [2.24, 2.45) is 5.92 Å². The van der Waals surface area contributed by atoms with Gasteiger partial charge in [-0.1, -0.05) is 33.6 Å². The summed E-state index contributed by atoms with van der Waals surface area (Å²) in [5.41, 5.74) is 0.318. The SMILES string of the molecule is CCNC(C)(C)C(CC)CC. The van der Waals surface area contributed by atoms with E-state index in [1.165, 1.54) is 12.8 Å². The van der Waals surface area contributed by atoms with Gasteiger partial charge in [-0.05, 0) is 26.3 Å². The Hall–Kier alpha value is -0.0400. The van der Waals surface area contributed by atoms with Gasteiger partial charge in [0.05, 0.1) is 0 Å². The number of rotatable bonds is 5. The maximum atomic E-state index is 3.52. The van der Waals surface area contributed by atoms with Gasteiger partial charge in [0.15, 0.2) is 0 Å². The number of hydrogen-bond donors (Lipinski definition) is 1. The summed E-state index contributed by atoms with van der Waals surface area (Å²) in [6.45, 7) is 12.4. The Bertz CT molecular complexity index is 93.0. The molecule has 0 spiro atoms. The molecule has 1 nitrogen and oxygen atoms in total. The van der Waals surface area contributed by atoms with Crippen LogP contribution in [-0.4, -0.2) is 12.1 Å². The molecule has 0 radical (unpaired) electrons. The zero-order valence-corrected chi connectivity index (χ0v) is 8.70. The zero-order chi connectivity index (χ0) is 8.91. The Morgan fingerprint density at radius 3 is 1.82 bits per heavy atom.